The summed E-state index contributed by atoms with van der Waals surface area (Å²) in [7, 11) is 0. The molecule has 0 radical (unpaired) electrons. The fourth-order valence-corrected chi connectivity index (χ4v) is 2.56. The molecular formula is C22H21N3O3. The lowest BCUT2D eigenvalue weighted by atomic mass is 10.1. The summed E-state index contributed by atoms with van der Waals surface area (Å²) in [5, 5.41) is 7.11. The predicted octanol–water partition coefficient (Wildman–Crippen LogP) is 3.68. The highest BCUT2D eigenvalue weighted by Gasteiger charge is 2.12. The van der Waals surface area contributed by atoms with Crippen LogP contribution < -0.4 is 5.32 Å². The van der Waals surface area contributed by atoms with E-state index in [2.05, 4.69) is 10.4 Å². The zero-order chi connectivity index (χ0) is 19.9. The van der Waals surface area contributed by atoms with Crippen LogP contribution in [0, 0.1) is 13.8 Å². The first-order valence-electron chi connectivity index (χ1n) is 8.85. The van der Waals surface area contributed by atoms with E-state index < -0.39 is 11.9 Å². The van der Waals surface area contributed by atoms with Crippen molar-refractivity contribution in [3.63, 3.8) is 0 Å². The maximum Gasteiger partial charge on any atom is 0.331 e. The number of anilines is 1. The second-order valence-electron chi connectivity index (χ2n) is 6.32. The number of ether oxygens (including phenoxy) is 1. The maximum absolute atomic E-state index is 12.2. The van der Waals surface area contributed by atoms with Crippen molar-refractivity contribution in [1.29, 1.82) is 0 Å². The number of rotatable bonds is 6. The molecular weight excluding hydrogens is 354 g/mol. The first kappa shape index (κ1) is 19.1. The van der Waals surface area contributed by atoms with Gasteiger partial charge in [-0.2, -0.15) is 5.10 Å². The standard InChI is InChI=1S/C22H21N3O3/c1-16-8-10-18(11-9-16)12-13-22(27)28-15-21(26)23-20-14-17(2)24-25(20)19-6-4-3-5-7-19/h3-14H,15H2,1-2H3,(H,23,26)/b13-12+. The number of carbonyl (C=O) groups is 2. The van der Waals surface area contributed by atoms with Crippen LogP contribution in [0.1, 0.15) is 16.8 Å². The van der Waals surface area contributed by atoms with Gasteiger partial charge in [0.2, 0.25) is 0 Å². The van der Waals surface area contributed by atoms with Gasteiger partial charge in [0.15, 0.2) is 6.61 Å². The molecule has 0 aliphatic rings. The summed E-state index contributed by atoms with van der Waals surface area (Å²) >= 11 is 0. The topological polar surface area (TPSA) is 73.2 Å². The Kier molecular flexibility index (Phi) is 6.01. The van der Waals surface area contributed by atoms with Gasteiger partial charge in [-0.25, -0.2) is 9.48 Å². The molecule has 142 valence electrons. The van der Waals surface area contributed by atoms with Crippen molar-refractivity contribution in [3.05, 3.63) is 83.6 Å². The van der Waals surface area contributed by atoms with Crippen LogP contribution in [-0.4, -0.2) is 28.3 Å². The van der Waals surface area contributed by atoms with Gasteiger partial charge in [-0.3, -0.25) is 4.79 Å². The van der Waals surface area contributed by atoms with E-state index in [1.165, 1.54) is 6.08 Å². The summed E-state index contributed by atoms with van der Waals surface area (Å²) < 4.78 is 6.64. The van der Waals surface area contributed by atoms with Crippen LogP contribution in [0.2, 0.25) is 0 Å². The van der Waals surface area contributed by atoms with Crippen molar-refractivity contribution < 1.29 is 14.3 Å². The van der Waals surface area contributed by atoms with Gasteiger partial charge in [0.05, 0.1) is 11.4 Å². The minimum atomic E-state index is -0.580. The highest BCUT2D eigenvalue weighted by Crippen LogP contribution is 2.16. The molecule has 3 aromatic rings. The average Bonchev–Trinajstić information content (AvgIpc) is 3.06. The van der Waals surface area contributed by atoms with Crippen LogP contribution in [0.15, 0.2) is 66.7 Å². The van der Waals surface area contributed by atoms with Crippen LogP contribution in [0.3, 0.4) is 0 Å². The number of amides is 1. The number of benzene rings is 2. The van der Waals surface area contributed by atoms with Crippen molar-refractivity contribution in [2.75, 3.05) is 11.9 Å². The molecule has 0 bridgehead atoms. The van der Waals surface area contributed by atoms with Gasteiger partial charge in [-0.1, -0.05) is 48.0 Å². The average molecular weight is 375 g/mol. The number of aromatic nitrogens is 2. The number of aryl methyl sites for hydroxylation is 2. The molecule has 6 heteroatoms. The Hall–Kier alpha value is -3.67. The predicted molar refractivity (Wildman–Crippen MR) is 108 cm³/mol. The van der Waals surface area contributed by atoms with E-state index in [4.69, 9.17) is 4.74 Å². The largest absolute Gasteiger partial charge is 0.452 e. The molecule has 6 nitrogen and oxygen atoms in total. The summed E-state index contributed by atoms with van der Waals surface area (Å²) in [6, 6.07) is 18.9. The van der Waals surface area contributed by atoms with E-state index in [9.17, 15) is 9.59 Å². The summed E-state index contributed by atoms with van der Waals surface area (Å²) in [5.74, 6) is -0.502. The zero-order valence-corrected chi connectivity index (χ0v) is 15.8. The Labute approximate surface area is 163 Å². The number of para-hydroxylation sites is 1. The van der Waals surface area contributed by atoms with E-state index in [1.807, 2.05) is 68.4 Å². The first-order valence-corrected chi connectivity index (χ1v) is 8.85. The number of nitrogens with one attached hydrogen (secondary N) is 1. The number of hydrogen-bond acceptors (Lipinski definition) is 4. The van der Waals surface area contributed by atoms with Gasteiger partial charge >= 0.3 is 5.97 Å². The van der Waals surface area contributed by atoms with Gasteiger partial charge in [-0.15, -0.1) is 0 Å². The van der Waals surface area contributed by atoms with Gasteiger partial charge < -0.3 is 10.1 Å². The molecule has 1 amide bonds. The smallest absolute Gasteiger partial charge is 0.331 e. The number of carbonyl (C=O) groups excluding carboxylic acids is 2. The Morgan fingerprint density at radius 1 is 1.07 bits per heavy atom. The molecule has 0 spiro atoms. The normalized spacial score (nSPS) is 10.8. The number of esters is 1. The summed E-state index contributed by atoms with van der Waals surface area (Å²) in [6.07, 6.45) is 2.95. The minimum absolute atomic E-state index is 0.379. The minimum Gasteiger partial charge on any atom is -0.452 e. The van der Waals surface area contributed by atoms with Gasteiger partial charge in [0.1, 0.15) is 5.82 Å². The van der Waals surface area contributed by atoms with Gasteiger partial charge in [0, 0.05) is 12.1 Å². The fourth-order valence-electron chi connectivity index (χ4n) is 2.56. The molecule has 2 aromatic carbocycles. The van der Waals surface area contributed by atoms with E-state index in [1.54, 1.807) is 16.8 Å². The third-order valence-corrected chi connectivity index (χ3v) is 3.93. The number of hydrogen-bond donors (Lipinski definition) is 1. The number of nitrogens with zero attached hydrogens (tertiary/aromatic N) is 2. The van der Waals surface area contributed by atoms with Crippen molar-refractivity contribution in [1.82, 2.24) is 9.78 Å². The lowest BCUT2D eigenvalue weighted by Crippen LogP contribution is -2.21. The van der Waals surface area contributed by atoms with Gasteiger partial charge in [-0.05, 0) is 37.6 Å². The summed E-state index contributed by atoms with van der Waals surface area (Å²) in [4.78, 5) is 24.0. The second kappa shape index (κ2) is 8.81. The maximum atomic E-state index is 12.2. The summed E-state index contributed by atoms with van der Waals surface area (Å²) in [5.41, 5.74) is 3.61. The molecule has 28 heavy (non-hydrogen) atoms. The summed E-state index contributed by atoms with van der Waals surface area (Å²) in [6.45, 7) is 3.45. The highest BCUT2D eigenvalue weighted by molar-refractivity contribution is 5.94. The third kappa shape index (κ3) is 5.17. The molecule has 0 aliphatic carbocycles. The van der Waals surface area contributed by atoms with Crippen molar-refractivity contribution in [2.24, 2.45) is 0 Å². The van der Waals surface area contributed by atoms with Gasteiger partial charge in [0.25, 0.3) is 5.91 Å². The van der Waals surface area contributed by atoms with Crippen LogP contribution >= 0.6 is 0 Å². The molecule has 0 aliphatic heterocycles. The van der Waals surface area contributed by atoms with E-state index in [0.717, 1.165) is 22.5 Å². The van der Waals surface area contributed by atoms with Crippen LogP contribution in [0.25, 0.3) is 11.8 Å². The molecule has 0 saturated heterocycles. The second-order valence-corrected chi connectivity index (χ2v) is 6.32. The van der Waals surface area contributed by atoms with Crippen LogP contribution in [-0.2, 0) is 14.3 Å². The quantitative estimate of drug-likeness (QED) is 0.527. The Morgan fingerprint density at radius 2 is 1.79 bits per heavy atom. The monoisotopic (exact) mass is 375 g/mol. The molecule has 0 unspecified atom stereocenters. The first-order chi connectivity index (χ1) is 13.5. The Morgan fingerprint density at radius 3 is 2.50 bits per heavy atom. The third-order valence-electron chi connectivity index (χ3n) is 3.93. The molecule has 0 fully saturated rings. The molecule has 3 rings (SSSR count). The van der Waals surface area contributed by atoms with Crippen molar-refractivity contribution >= 4 is 23.8 Å². The molecule has 1 aromatic heterocycles. The van der Waals surface area contributed by atoms with Crippen LogP contribution in [0.4, 0.5) is 5.82 Å². The molecule has 1 heterocycles. The molecule has 1 N–H and O–H groups in total. The van der Waals surface area contributed by atoms with E-state index >= 15 is 0 Å². The highest BCUT2D eigenvalue weighted by atomic mass is 16.5. The Bertz CT molecular complexity index is 990. The van der Waals surface area contributed by atoms with E-state index in [0.29, 0.717) is 5.82 Å². The molecule has 0 atom stereocenters. The van der Waals surface area contributed by atoms with E-state index in [-0.39, 0.29) is 6.61 Å². The Balaban J connectivity index is 1.56. The lowest BCUT2D eigenvalue weighted by Gasteiger charge is -2.08. The SMILES string of the molecule is Cc1ccc(/C=C/C(=O)OCC(=O)Nc2cc(C)nn2-c2ccccc2)cc1. The van der Waals surface area contributed by atoms with Crippen LogP contribution in [0.5, 0.6) is 0 Å². The fraction of sp³-hybridized carbons (Fsp3) is 0.136. The lowest BCUT2D eigenvalue weighted by molar-refractivity contribution is -0.142. The molecule has 0 saturated carbocycles. The zero-order valence-electron chi connectivity index (χ0n) is 15.8. The van der Waals surface area contributed by atoms with Crippen molar-refractivity contribution in [2.45, 2.75) is 13.8 Å². The van der Waals surface area contributed by atoms with Crippen molar-refractivity contribution in [3.8, 4) is 5.69 Å².